The Morgan fingerprint density at radius 1 is 0.913 bits per heavy atom. The van der Waals surface area contributed by atoms with Gasteiger partial charge in [0.1, 0.15) is 17.1 Å². The van der Waals surface area contributed by atoms with Crippen LogP contribution < -0.4 is 9.47 Å². The van der Waals surface area contributed by atoms with Gasteiger partial charge in [0.2, 0.25) is 0 Å². The van der Waals surface area contributed by atoms with Crippen LogP contribution in [0.5, 0.6) is 11.5 Å². The minimum absolute atomic E-state index is 0.224. The van der Waals surface area contributed by atoms with Gasteiger partial charge in [-0.3, -0.25) is 0 Å². The molecular weight excluding hydrogens is 292 g/mol. The number of aryl methyl sites for hydroxylation is 2. The molecule has 0 heterocycles. The van der Waals surface area contributed by atoms with Gasteiger partial charge < -0.3 is 14.6 Å². The van der Waals surface area contributed by atoms with Crippen molar-refractivity contribution in [3.8, 4) is 11.5 Å². The topological polar surface area (TPSA) is 55.8 Å². The minimum atomic E-state index is -0.952. The number of carbonyl (C=O) groups is 1. The summed E-state index contributed by atoms with van der Waals surface area (Å²) in [6.07, 6.45) is 1.91. The summed E-state index contributed by atoms with van der Waals surface area (Å²) in [6, 6.07) is 13.3. The maximum atomic E-state index is 10.8. The molecule has 0 aliphatic heterocycles. The monoisotopic (exact) mass is 316 g/mol. The molecule has 0 unspecified atom stereocenters. The molecule has 2 aromatic rings. The van der Waals surface area contributed by atoms with Gasteiger partial charge in [-0.1, -0.05) is 32.0 Å². The van der Waals surface area contributed by atoms with E-state index in [2.05, 4.69) is 19.1 Å². The molecule has 0 saturated carbocycles. The number of hydrogen-bond acceptors (Lipinski definition) is 3. The zero-order chi connectivity index (χ0) is 17.2. The molecule has 2 aromatic carbocycles. The number of aromatic carboxylic acids is 1. The first kappa shape index (κ1) is 18.6. The molecule has 0 spiro atoms. The largest absolute Gasteiger partial charge is 0.497 e. The molecule has 0 atom stereocenters. The number of hydrogen-bond donors (Lipinski definition) is 1. The van der Waals surface area contributed by atoms with Crippen LogP contribution in [-0.4, -0.2) is 25.3 Å². The number of methoxy groups -OCH3 is 2. The van der Waals surface area contributed by atoms with Crippen molar-refractivity contribution in [3.63, 3.8) is 0 Å². The van der Waals surface area contributed by atoms with E-state index in [1.165, 1.54) is 12.7 Å². The maximum Gasteiger partial charge on any atom is 0.339 e. The quantitative estimate of drug-likeness (QED) is 0.897. The lowest BCUT2D eigenvalue weighted by atomic mass is 10.1. The number of carboxylic acids is 1. The summed E-state index contributed by atoms with van der Waals surface area (Å²) in [5.41, 5.74) is 2.57. The number of rotatable bonds is 5. The molecule has 0 bridgehead atoms. The Hall–Kier alpha value is -2.49. The Labute approximate surface area is 137 Å². The first-order valence-electron chi connectivity index (χ1n) is 7.58. The average molecular weight is 316 g/mol. The van der Waals surface area contributed by atoms with Crippen LogP contribution in [0, 0.1) is 0 Å². The fourth-order valence-electron chi connectivity index (χ4n) is 2.00. The Morgan fingerprint density at radius 3 is 1.91 bits per heavy atom. The second kappa shape index (κ2) is 9.51. The molecule has 1 N–H and O–H groups in total. The minimum Gasteiger partial charge on any atom is -0.497 e. The Bertz CT molecular complexity index is 595. The lowest BCUT2D eigenvalue weighted by Gasteiger charge is -2.05. The zero-order valence-electron chi connectivity index (χ0n) is 14.1. The second-order valence-electron chi connectivity index (χ2n) is 4.89. The number of benzene rings is 2. The van der Waals surface area contributed by atoms with Crippen molar-refractivity contribution < 1.29 is 19.4 Å². The third-order valence-corrected chi connectivity index (χ3v) is 3.47. The van der Waals surface area contributed by atoms with Gasteiger partial charge in [0, 0.05) is 0 Å². The van der Waals surface area contributed by atoms with Crippen LogP contribution in [-0.2, 0) is 12.8 Å². The van der Waals surface area contributed by atoms with Crippen molar-refractivity contribution in [2.75, 3.05) is 14.2 Å². The molecule has 0 amide bonds. The second-order valence-corrected chi connectivity index (χ2v) is 4.89. The molecule has 0 aliphatic carbocycles. The van der Waals surface area contributed by atoms with Gasteiger partial charge in [0.15, 0.2) is 0 Å². The van der Waals surface area contributed by atoms with E-state index in [9.17, 15) is 4.79 Å². The van der Waals surface area contributed by atoms with E-state index in [-0.39, 0.29) is 5.56 Å². The standard InChI is InChI=1S/C10H12O3.C9H12O/c1-3-7-4-5-9(13-2)8(6-7)10(11)12;1-3-8-4-6-9(10-2)7-5-8/h4-6H,3H2,1-2H3,(H,11,12);4-7H,3H2,1-2H3. The van der Waals surface area contributed by atoms with Crippen LogP contribution in [0.3, 0.4) is 0 Å². The van der Waals surface area contributed by atoms with Crippen LogP contribution in [0.25, 0.3) is 0 Å². The molecule has 0 fully saturated rings. The van der Waals surface area contributed by atoms with Gasteiger partial charge in [0.05, 0.1) is 14.2 Å². The fraction of sp³-hybridized carbons (Fsp3) is 0.316. The van der Waals surface area contributed by atoms with E-state index in [1.54, 1.807) is 19.2 Å². The fourth-order valence-corrected chi connectivity index (χ4v) is 2.00. The van der Waals surface area contributed by atoms with Gasteiger partial charge in [-0.2, -0.15) is 0 Å². The summed E-state index contributed by atoms with van der Waals surface area (Å²) >= 11 is 0. The molecule has 124 valence electrons. The molecule has 4 nitrogen and oxygen atoms in total. The van der Waals surface area contributed by atoms with Crippen molar-refractivity contribution in [3.05, 3.63) is 59.2 Å². The van der Waals surface area contributed by atoms with Crippen LogP contribution in [0.2, 0.25) is 0 Å². The van der Waals surface area contributed by atoms with E-state index in [0.717, 1.165) is 24.2 Å². The van der Waals surface area contributed by atoms with Crippen LogP contribution in [0.15, 0.2) is 42.5 Å². The van der Waals surface area contributed by atoms with Crippen molar-refractivity contribution in [1.82, 2.24) is 0 Å². The predicted molar refractivity (Wildman–Crippen MR) is 91.7 cm³/mol. The van der Waals surface area contributed by atoms with E-state index < -0.39 is 5.97 Å². The van der Waals surface area contributed by atoms with Crippen LogP contribution >= 0.6 is 0 Å². The highest BCUT2D eigenvalue weighted by atomic mass is 16.5. The summed E-state index contributed by atoms with van der Waals surface area (Å²) in [7, 11) is 3.15. The van der Waals surface area contributed by atoms with E-state index in [4.69, 9.17) is 14.6 Å². The molecule has 0 aliphatic rings. The molecule has 23 heavy (non-hydrogen) atoms. The molecule has 0 radical (unpaired) electrons. The van der Waals surface area contributed by atoms with Crippen LogP contribution in [0.4, 0.5) is 0 Å². The van der Waals surface area contributed by atoms with Crippen molar-refractivity contribution >= 4 is 5.97 Å². The predicted octanol–water partition coefficient (Wildman–Crippen LogP) is 4.21. The zero-order valence-corrected chi connectivity index (χ0v) is 14.1. The average Bonchev–Trinajstić information content (AvgIpc) is 2.61. The SMILES string of the molecule is CCc1ccc(OC)c(C(=O)O)c1.CCc1ccc(OC)cc1. The highest BCUT2D eigenvalue weighted by Crippen LogP contribution is 2.19. The highest BCUT2D eigenvalue weighted by molar-refractivity contribution is 5.91. The molecule has 0 aromatic heterocycles. The van der Waals surface area contributed by atoms with Gasteiger partial charge in [-0.15, -0.1) is 0 Å². The van der Waals surface area contributed by atoms with E-state index >= 15 is 0 Å². The normalized spacial score (nSPS) is 9.57. The van der Waals surface area contributed by atoms with E-state index in [0.29, 0.717) is 5.75 Å². The molecule has 0 saturated heterocycles. The third kappa shape index (κ3) is 5.66. The summed E-state index contributed by atoms with van der Waals surface area (Å²) in [4.78, 5) is 10.8. The molecular formula is C19H24O4. The number of carboxylic acid groups (broad SMARTS) is 1. The lowest BCUT2D eigenvalue weighted by Crippen LogP contribution is -2.01. The smallest absolute Gasteiger partial charge is 0.339 e. The van der Waals surface area contributed by atoms with Gasteiger partial charge in [0.25, 0.3) is 0 Å². The Kier molecular flexibility index (Phi) is 7.67. The van der Waals surface area contributed by atoms with Gasteiger partial charge >= 0.3 is 5.97 Å². The van der Waals surface area contributed by atoms with Crippen molar-refractivity contribution in [1.29, 1.82) is 0 Å². The summed E-state index contributed by atoms with van der Waals surface area (Å²) in [6.45, 7) is 4.12. The highest BCUT2D eigenvalue weighted by Gasteiger charge is 2.10. The summed E-state index contributed by atoms with van der Waals surface area (Å²) in [5.74, 6) is 0.383. The van der Waals surface area contributed by atoms with Crippen molar-refractivity contribution in [2.45, 2.75) is 26.7 Å². The van der Waals surface area contributed by atoms with Crippen LogP contribution in [0.1, 0.15) is 35.3 Å². The summed E-state index contributed by atoms with van der Waals surface area (Å²) in [5, 5.41) is 8.84. The molecule has 2 rings (SSSR count). The maximum absolute atomic E-state index is 10.8. The lowest BCUT2D eigenvalue weighted by molar-refractivity contribution is 0.0693. The Balaban J connectivity index is 0.000000238. The molecule has 4 heteroatoms. The van der Waals surface area contributed by atoms with Crippen molar-refractivity contribution in [2.24, 2.45) is 0 Å². The van der Waals surface area contributed by atoms with Gasteiger partial charge in [-0.05, 0) is 48.2 Å². The number of ether oxygens (including phenoxy) is 2. The third-order valence-electron chi connectivity index (χ3n) is 3.47. The van der Waals surface area contributed by atoms with E-state index in [1.807, 2.05) is 25.1 Å². The Morgan fingerprint density at radius 2 is 1.48 bits per heavy atom. The summed E-state index contributed by atoms with van der Waals surface area (Å²) < 4.78 is 9.94. The first-order chi connectivity index (χ1) is 11.0. The van der Waals surface area contributed by atoms with Gasteiger partial charge in [-0.25, -0.2) is 4.79 Å². The first-order valence-corrected chi connectivity index (χ1v) is 7.58.